The Morgan fingerprint density at radius 1 is 0.944 bits per heavy atom. The van der Waals surface area contributed by atoms with Crippen molar-refractivity contribution in [1.82, 2.24) is 15.0 Å². The molecule has 15 heteroatoms. The second-order valence-corrected chi connectivity index (χ2v) is 18.7. The lowest BCUT2D eigenvalue weighted by molar-refractivity contribution is -0.146. The molecule has 0 bridgehead atoms. The van der Waals surface area contributed by atoms with E-state index in [0.717, 1.165) is 11.1 Å². The number of amides is 3. The number of halogens is 1. The summed E-state index contributed by atoms with van der Waals surface area (Å²) < 4.78 is 35.6. The molecule has 54 heavy (non-hydrogen) atoms. The number of hydrogen-bond acceptors (Lipinski definition) is 9. The predicted octanol–water partition coefficient (Wildman–Crippen LogP) is 5.73. The first-order valence-corrected chi connectivity index (χ1v) is 21.3. The number of rotatable bonds is 11. The van der Waals surface area contributed by atoms with E-state index < -0.39 is 43.8 Å². The number of anilines is 3. The van der Waals surface area contributed by atoms with Gasteiger partial charge in [-0.1, -0.05) is 54.6 Å². The molecule has 0 radical (unpaired) electrons. The number of aryl methyl sites for hydroxylation is 1. The molecule has 1 spiro atoms. The van der Waals surface area contributed by atoms with Crippen LogP contribution in [0.3, 0.4) is 0 Å². The number of ether oxygens (including phenoxy) is 3. The highest BCUT2D eigenvalue weighted by atomic mass is 28.4. The number of aliphatic hydroxyl groups excluding tert-OH is 1. The summed E-state index contributed by atoms with van der Waals surface area (Å²) in [6.45, 7) is 7.08. The largest absolute Gasteiger partial charge is 0.447 e. The van der Waals surface area contributed by atoms with Crippen molar-refractivity contribution in [2.24, 2.45) is 5.92 Å². The summed E-state index contributed by atoms with van der Waals surface area (Å²) in [4.78, 5) is 44.6. The molecule has 0 aliphatic carbocycles. The number of benzene rings is 3. The molecule has 1 N–H and O–H groups in total. The molecule has 5 atom stereocenters. The third-order valence-electron chi connectivity index (χ3n) is 11.3. The minimum absolute atomic E-state index is 0.134. The first kappa shape index (κ1) is 35.9. The van der Waals surface area contributed by atoms with E-state index in [-0.39, 0.29) is 31.6 Å². The van der Waals surface area contributed by atoms with Crippen LogP contribution in [0.25, 0.3) is 0 Å². The molecule has 13 nitrogen and oxygen atoms in total. The number of carbonyl (C=O) groups is 3. The van der Waals surface area contributed by atoms with Crippen LogP contribution < -0.4 is 14.7 Å². The number of aromatic nitrogens is 3. The Kier molecular flexibility index (Phi) is 9.26. The Morgan fingerprint density at radius 3 is 2.24 bits per heavy atom. The van der Waals surface area contributed by atoms with Gasteiger partial charge in [0.05, 0.1) is 49.6 Å². The van der Waals surface area contributed by atoms with Crippen LogP contribution in [0.2, 0.25) is 18.6 Å². The summed E-state index contributed by atoms with van der Waals surface area (Å²) in [5.74, 6) is -1.18. The Morgan fingerprint density at radius 2 is 1.61 bits per heavy atom. The van der Waals surface area contributed by atoms with Gasteiger partial charge in [-0.3, -0.25) is 19.3 Å². The molecule has 1 aromatic heterocycles. The van der Waals surface area contributed by atoms with Gasteiger partial charge in [-0.25, -0.2) is 9.59 Å². The molecule has 3 saturated heterocycles. The third kappa shape index (κ3) is 6.13. The zero-order chi connectivity index (χ0) is 37.8. The first-order chi connectivity index (χ1) is 26.0. The molecule has 4 aliphatic rings. The maximum absolute atomic E-state index is 16.6. The topological polar surface area (TPSA) is 140 Å². The SMILES string of the molecule is C[C@H]1[C@H]([Si](C)(C)F)[C@@H](CCn2cc(C(CO)c3ccccc3)nn2)O[C@]12C(=O)N(Cc1ccc(N3CCOC3=O)cc1)c1ccc(N3CCOC3=O)cc12. The van der Waals surface area contributed by atoms with Gasteiger partial charge in [0, 0.05) is 41.1 Å². The standard InChI is InChI=1S/C39H43FN6O7Si/c1-25-35(54(2,3)40)34(15-16-43-23-32(41-42-43)30(24-47)27-7-5-4-6-8-27)53-39(25)31-21-29(45-18-20-52-38(45)50)13-14-33(31)46(36(39)48)22-26-9-11-28(12-10-26)44-17-19-51-37(44)49/h4-14,21,23,25,30,34-35,47H,15-20,22,24H2,1-3H3/t25-,30?,34+,35-,39+/m0/s1. The minimum Gasteiger partial charge on any atom is -0.447 e. The lowest BCUT2D eigenvalue weighted by Crippen LogP contribution is -2.45. The smallest absolute Gasteiger partial charge is 0.414 e. The highest BCUT2D eigenvalue weighted by molar-refractivity contribution is 6.72. The van der Waals surface area contributed by atoms with Gasteiger partial charge in [0.1, 0.15) is 13.2 Å². The molecule has 4 aliphatic heterocycles. The van der Waals surface area contributed by atoms with E-state index in [1.165, 1.54) is 4.90 Å². The van der Waals surface area contributed by atoms with Crippen LogP contribution in [0.4, 0.5) is 30.8 Å². The van der Waals surface area contributed by atoms with E-state index in [2.05, 4.69) is 10.3 Å². The molecule has 282 valence electrons. The average molecular weight is 755 g/mol. The summed E-state index contributed by atoms with van der Waals surface area (Å²) in [5.41, 5.74) is 2.81. The highest BCUT2D eigenvalue weighted by Gasteiger charge is 2.66. The van der Waals surface area contributed by atoms with Crippen LogP contribution >= 0.6 is 0 Å². The van der Waals surface area contributed by atoms with E-state index in [4.69, 9.17) is 14.2 Å². The fourth-order valence-corrected chi connectivity index (χ4v) is 11.3. The second-order valence-electron chi connectivity index (χ2n) is 14.9. The van der Waals surface area contributed by atoms with E-state index in [0.29, 0.717) is 61.0 Å². The molecular weight excluding hydrogens is 712 g/mol. The van der Waals surface area contributed by atoms with Crippen molar-refractivity contribution in [3.05, 3.63) is 101 Å². The minimum atomic E-state index is -3.47. The lowest BCUT2D eigenvalue weighted by Gasteiger charge is -2.31. The summed E-state index contributed by atoms with van der Waals surface area (Å²) >= 11 is 0. The molecule has 1 unspecified atom stereocenters. The maximum Gasteiger partial charge on any atom is 0.414 e. The molecule has 3 fully saturated rings. The fourth-order valence-electron chi connectivity index (χ4n) is 8.75. The van der Waals surface area contributed by atoms with E-state index >= 15 is 8.90 Å². The van der Waals surface area contributed by atoms with Crippen LogP contribution in [0, 0.1) is 5.92 Å². The van der Waals surface area contributed by atoms with Crippen molar-refractivity contribution in [3.63, 3.8) is 0 Å². The maximum atomic E-state index is 16.6. The van der Waals surface area contributed by atoms with E-state index in [1.807, 2.05) is 73.7 Å². The van der Waals surface area contributed by atoms with Crippen LogP contribution in [-0.4, -0.2) is 85.6 Å². The van der Waals surface area contributed by atoms with Gasteiger partial charge in [0.15, 0.2) is 5.60 Å². The van der Waals surface area contributed by atoms with Crippen molar-refractivity contribution in [2.75, 3.05) is 47.6 Å². The third-order valence-corrected chi connectivity index (χ3v) is 13.8. The van der Waals surface area contributed by atoms with Gasteiger partial charge < -0.3 is 28.3 Å². The first-order valence-electron chi connectivity index (χ1n) is 18.4. The Balaban J connectivity index is 1.11. The van der Waals surface area contributed by atoms with Crippen LogP contribution in [0.15, 0.2) is 79.0 Å². The Hall–Kier alpha value is -5.12. The van der Waals surface area contributed by atoms with Crippen LogP contribution in [0.1, 0.15) is 41.6 Å². The number of nitrogens with zero attached hydrogens (tertiary/aromatic N) is 6. The van der Waals surface area contributed by atoms with Crippen molar-refractivity contribution in [2.45, 2.75) is 62.7 Å². The highest BCUT2D eigenvalue weighted by Crippen LogP contribution is 2.61. The molecule has 8 rings (SSSR count). The number of fused-ring (bicyclic) bond motifs is 2. The number of carbonyl (C=O) groups excluding carboxylic acids is 3. The summed E-state index contributed by atoms with van der Waals surface area (Å²) in [6.07, 6.45) is 0.678. The molecule has 3 amide bonds. The normalized spacial score (nSPS) is 24.4. The average Bonchev–Trinajstić information content (AvgIpc) is 3.99. The summed E-state index contributed by atoms with van der Waals surface area (Å²) in [5, 5.41) is 18.9. The van der Waals surface area contributed by atoms with Gasteiger partial charge in [0.25, 0.3) is 5.91 Å². The fraction of sp³-hybridized carbons (Fsp3) is 0.410. The number of aliphatic hydroxyl groups is 1. The monoisotopic (exact) mass is 754 g/mol. The number of cyclic esters (lactones) is 2. The van der Waals surface area contributed by atoms with Crippen molar-refractivity contribution in [3.8, 4) is 0 Å². The van der Waals surface area contributed by atoms with Gasteiger partial charge >= 0.3 is 12.2 Å². The van der Waals surface area contributed by atoms with Crippen LogP contribution in [-0.2, 0) is 37.7 Å². The number of hydrogen-bond donors (Lipinski definition) is 1. The van der Waals surface area contributed by atoms with Gasteiger partial charge in [-0.15, -0.1) is 5.10 Å². The van der Waals surface area contributed by atoms with E-state index in [9.17, 15) is 14.7 Å². The Labute approximate surface area is 313 Å². The van der Waals surface area contributed by atoms with Crippen molar-refractivity contribution in [1.29, 1.82) is 0 Å². The van der Waals surface area contributed by atoms with Gasteiger partial charge in [-0.2, -0.15) is 0 Å². The van der Waals surface area contributed by atoms with E-state index in [1.54, 1.807) is 39.8 Å². The summed E-state index contributed by atoms with van der Waals surface area (Å²) in [7, 11) is -3.47. The zero-order valence-electron chi connectivity index (χ0n) is 30.4. The Bertz CT molecular complexity index is 2060. The van der Waals surface area contributed by atoms with Gasteiger partial charge in [-0.05, 0) is 61.0 Å². The van der Waals surface area contributed by atoms with Crippen molar-refractivity contribution < 1.29 is 37.8 Å². The molecule has 0 saturated carbocycles. The molecular formula is C39H43FN6O7Si. The molecule has 3 aromatic carbocycles. The van der Waals surface area contributed by atoms with Crippen LogP contribution in [0.5, 0.6) is 0 Å². The summed E-state index contributed by atoms with van der Waals surface area (Å²) in [6, 6.07) is 22.5. The zero-order valence-corrected chi connectivity index (χ0v) is 31.4. The predicted molar refractivity (Wildman–Crippen MR) is 200 cm³/mol. The van der Waals surface area contributed by atoms with Gasteiger partial charge in [0.2, 0.25) is 8.41 Å². The second kappa shape index (κ2) is 13.9. The lowest BCUT2D eigenvalue weighted by atomic mass is 9.82. The molecule has 5 heterocycles. The van der Waals surface area contributed by atoms with Crippen molar-refractivity contribution >= 4 is 43.6 Å². The quantitative estimate of drug-likeness (QED) is 0.150. The molecule has 4 aromatic rings.